The summed E-state index contributed by atoms with van der Waals surface area (Å²) in [6, 6.07) is 0. The number of hydrogen-bond donors (Lipinski definition) is 1. The Hall–Kier alpha value is -1.18. The van der Waals surface area contributed by atoms with Crippen LogP contribution in [0.2, 0.25) is 0 Å². The summed E-state index contributed by atoms with van der Waals surface area (Å²) >= 11 is 0. The molecule has 0 aliphatic carbocycles. The molecule has 1 aromatic heterocycles. The van der Waals surface area contributed by atoms with Gasteiger partial charge in [-0.3, -0.25) is 0 Å². The highest BCUT2D eigenvalue weighted by Gasteiger charge is 2.51. The van der Waals surface area contributed by atoms with E-state index in [0.717, 1.165) is 12.0 Å². The molecule has 110 valence electrons. The fourth-order valence-corrected chi connectivity index (χ4v) is 1.92. The van der Waals surface area contributed by atoms with Crippen LogP contribution in [0, 0.1) is 0 Å². The van der Waals surface area contributed by atoms with Crippen molar-refractivity contribution in [3.8, 4) is 0 Å². The molecule has 1 saturated heterocycles. The van der Waals surface area contributed by atoms with Gasteiger partial charge in [0.1, 0.15) is 0 Å². The summed E-state index contributed by atoms with van der Waals surface area (Å²) < 4.78 is 11.9. The Bertz CT molecular complexity index is 448. The molecule has 0 unspecified atom stereocenters. The smallest absolute Gasteiger partial charge is 0.399 e. The first-order chi connectivity index (χ1) is 9.27. The Morgan fingerprint density at radius 1 is 1.15 bits per heavy atom. The molecule has 2 rings (SSSR count). The van der Waals surface area contributed by atoms with E-state index in [9.17, 15) is 0 Å². The highest BCUT2D eigenvalue weighted by Crippen LogP contribution is 2.36. The summed E-state index contributed by atoms with van der Waals surface area (Å²) in [5.41, 5.74) is 5.64. The van der Waals surface area contributed by atoms with Gasteiger partial charge in [-0.1, -0.05) is 0 Å². The molecule has 1 aliphatic heterocycles. The number of anilines is 1. The van der Waals surface area contributed by atoms with Gasteiger partial charge in [0.2, 0.25) is 5.95 Å². The van der Waals surface area contributed by atoms with Crippen molar-refractivity contribution < 1.29 is 9.31 Å². The summed E-state index contributed by atoms with van der Waals surface area (Å²) in [4.78, 5) is 10.6. The summed E-state index contributed by atoms with van der Waals surface area (Å²) in [5, 5.41) is 0. The van der Waals surface area contributed by atoms with Crippen LogP contribution in [-0.2, 0) is 9.31 Å². The molecule has 0 atom stereocenters. The van der Waals surface area contributed by atoms with Crippen LogP contribution < -0.4 is 16.1 Å². The number of nitrogens with zero attached hydrogens (tertiary/aromatic N) is 3. The molecule has 0 bridgehead atoms. The standard InChI is InChI=1S/C13H23BN4O2/c1-12(2)13(3,4)20-14(19-12)10-8-16-11(17-9-10)18(5)7-6-15/h8-9H,6-7,15H2,1-5H3. The Labute approximate surface area is 120 Å². The van der Waals surface area contributed by atoms with E-state index in [0.29, 0.717) is 12.5 Å². The van der Waals surface area contributed by atoms with Crippen molar-refractivity contribution in [1.29, 1.82) is 0 Å². The van der Waals surface area contributed by atoms with Crippen molar-refractivity contribution >= 4 is 18.5 Å². The average molecular weight is 278 g/mol. The van der Waals surface area contributed by atoms with Crippen LogP contribution in [-0.4, -0.2) is 48.4 Å². The van der Waals surface area contributed by atoms with E-state index in [1.54, 1.807) is 12.4 Å². The van der Waals surface area contributed by atoms with Gasteiger partial charge in [0.05, 0.1) is 11.2 Å². The monoisotopic (exact) mass is 278 g/mol. The fourth-order valence-electron chi connectivity index (χ4n) is 1.92. The van der Waals surface area contributed by atoms with E-state index in [-0.39, 0.29) is 11.2 Å². The topological polar surface area (TPSA) is 73.5 Å². The van der Waals surface area contributed by atoms with Gasteiger partial charge in [0.25, 0.3) is 0 Å². The second-order valence-electron chi connectivity index (χ2n) is 6.11. The lowest BCUT2D eigenvalue weighted by atomic mass is 9.81. The van der Waals surface area contributed by atoms with E-state index < -0.39 is 7.12 Å². The van der Waals surface area contributed by atoms with Crippen LogP contribution in [0.4, 0.5) is 5.95 Å². The lowest BCUT2D eigenvalue weighted by molar-refractivity contribution is 0.00578. The number of rotatable bonds is 4. The Balaban J connectivity index is 2.12. The number of nitrogens with two attached hydrogens (primary N) is 1. The maximum absolute atomic E-state index is 5.96. The zero-order valence-electron chi connectivity index (χ0n) is 12.9. The van der Waals surface area contributed by atoms with Crippen molar-refractivity contribution in [2.75, 3.05) is 25.0 Å². The molecule has 1 aliphatic rings. The van der Waals surface area contributed by atoms with Crippen LogP contribution in [0.5, 0.6) is 0 Å². The van der Waals surface area contributed by atoms with E-state index in [1.807, 2.05) is 39.6 Å². The molecule has 2 heterocycles. The van der Waals surface area contributed by atoms with Crippen LogP contribution in [0.3, 0.4) is 0 Å². The second kappa shape index (κ2) is 5.31. The van der Waals surface area contributed by atoms with Crippen molar-refractivity contribution in [2.24, 2.45) is 5.73 Å². The van der Waals surface area contributed by atoms with Crippen molar-refractivity contribution in [3.05, 3.63) is 12.4 Å². The van der Waals surface area contributed by atoms with Crippen LogP contribution in [0.25, 0.3) is 0 Å². The lowest BCUT2D eigenvalue weighted by Crippen LogP contribution is -2.41. The summed E-state index contributed by atoms with van der Waals surface area (Å²) in [7, 11) is 1.49. The largest absolute Gasteiger partial charge is 0.498 e. The zero-order chi connectivity index (χ0) is 15.0. The summed E-state index contributed by atoms with van der Waals surface area (Å²) in [6.07, 6.45) is 3.50. The van der Waals surface area contributed by atoms with Gasteiger partial charge in [-0.05, 0) is 27.7 Å². The minimum atomic E-state index is -0.422. The molecular weight excluding hydrogens is 255 g/mol. The molecule has 0 radical (unpaired) electrons. The predicted molar refractivity (Wildman–Crippen MR) is 80.1 cm³/mol. The zero-order valence-corrected chi connectivity index (χ0v) is 12.9. The number of aromatic nitrogens is 2. The highest BCUT2D eigenvalue weighted by atomic mass is 16.7. The van der Waals surface area contributed by atoms with Gasteiger partial charge in [-0.2, -0.15) is 0 Å². The SMILES string of the molecule is CN(CCN)c1ncc(B2OC(C)(C)C(C)(C)O2)cn1. The Morgan fingerprint density at radius 2 is 1.65 bits per heavy atom. The first kappa shape index (κ1) is 15.2. The molecule has 20 heavy (non-hydrogen) atoms. The quantitative estimate of drug-likeness (QED) is 0.791. The number of likely N-dealkylation sites (N-methyl/N-ethyl adjacent to an activating group) is 1. The van der Waals surface area contributed by atoms with Gasteiger partial charge in [0, 0.05) is 38.0 Å². The minimum Gasteiger partial charge on any atom is -0.399 e. The van der Waals surface area contributed by atoms with Gasteiger partial charge >= 0.3 is 7.12 Å². The van der Waals surface area contributed by atoms with Crippen LogP contribution >= 0.6 is 0 Å². The summed E-state index contributed by atoms with van der Waals surface area (Å²) in [6.45, 7) is 9.39. The third-order valence-corrected chi connectivity index (χ3v) is 3.99. The van der Waals surface area contributed by atoms with Crippen molar-refractivity contribution in [3.63, 3.8) is 0 Å². The van der Waals surface area contributed by atoms with Crippen molar-refractivity contribution in [2.45, 2.75) is 38.9 Å². The van der Waals surface area contributed by atoms with Gasteiger partial charge in [-0.25, -0.2) is 9.97 Å². The van der Waals surface area contributed by atoms with Gasteiger partial charge in [0.15, 0.2) is 0 Å². The van der Waals surface area contributed by atoms with E-state index in [2.05, 4.69) is 9.97 Å². The molecule has 0 aromatic carbocycles. The van der Waals surface area contributed by atoms with Crippen molar-refractivity contribution in [1.82, 2.24) is 9.97 Å². The molecule has 0 spiro atoms. The third-order valence-electron chi connectivity index (χ3n) is 3.99. The lowest BCUT2D eigenvalue weighted by Gasteiger charge is -2.32. The van der Waals surface area contributed by atoms with E-state index >= 15 is 0 Å². The minimum absolute atomic E-state index is 0.354. The first-order valence-electron chi connectivity index (χ1n) is 6.85. The average Bonchev–Trinajstić information content (AvgIpc) is 2.59. The molecule has 2 N–H and O–H groups in total. The molecule has 1 aromatic rings. The van der Waals surface area contributed by atoms with E-state index in [4.69, 9.17) is 15.0 Å². The van der Waals surface area contributed by atoms with Gasteiger partial charge < -0.3 is 19.9 Å². The maximum atomic E-state index is 5.96. The van der Waals surface area contributed by atoms with Crippen LogP contribution in [0.15, 0.2) is 12.4 Å². The maximum Gasteiger partial charge on any atom is 0.498 e. The third kappa shape index (κ3) is 2.80. The molecule has 6 nitrogen and oxygen atoms in total. The van der Waals surface area contributed by atoms with Crippen LogP contribution in [0.1, 0.15) is 27.7 Å². The molecular formula is C13H23BN4O2. The van der Waals surface area contributed by atoms with Gasteiger partial charge in [-0.15, -0.1) is 0 Å². The highest BCUT2D eigenvalue weighted by molar-refractivity contribution is 6.61. The molecule has 1 fully saturated rings. The molecule has 0 saturated carbocycles. The Kier molecular flexibility index (Phi) is 4.04. The summed E-state index contributed by atoms with van der Waals surface area (Å²) in [5.74, 6) is 0.649. The second-order valence-corrected chi connectivity index (χ2v) is 6.11. The molecule has 7 heteroatoms. The van der Waals surface area contributed by atoms with E-state index in [1.165, 1.54) is 0 Å². The Morgan fingerprint density at radius 3 is 2.10 bits per heavy atom. The predicted octanol–water partition coefficient (Wildman–Crippen LogP) is 0.171. The number of hydrogen-bond acceptors (Lipinski definition) is 6. The first-order valence-corrected chi connectivity index (χ1v) is 6.85. The normalized spacial score (nSPS) is 20.2. The molecule has 0 amide bonds. The fraction of sp³-hybridized carbons (Fsp3) is 0.692.